The van der Waals surface area contributed by atoms with Gasteiger partial charge in [0.1, 0.15) is 5.82 Å². The predicted molar refractivity (Wildman–Crippen MR) is 63.8 cm³/mol. The summed E-state index contributed by atoms with van der Waals surface area (Å²) in [6, 6.07) is 4.20. The lowest BCUT2D eigenvalue weighted by Gasteiger charge is -2.11. The molecular formula is C11H11BrFN3O. The molecule has 0 fully saturated rings. The first-order valence-electron chi connectivity index (χ1n) is 5.04. The fourth-order valence-corrected chi connectivity index (χ4v) is 2.18. The van der Waals surface area contributed by atoms with E-state index in [1.165, 1.54) is 12.1 Å². The van der Waals surface area contributed by atoms with Crippen LogP contribution in [0.1, 0.15) is 17.4 Å². The Hall–Kier alpha value is -1.27. The molecule has 1 aromatic heterocycles. The van der Waals surface area contributed by atoms with Crippen molar-refractivity contribution in [2.45, 2.75) is 12.5 Å². The largest absolute Gasteiger partial charge is 0.388 e. The van der Waals surface area contributed by atoms with Crippen LogP contribution in [0.25, 0.3) is 0 Å². The molecular weight excluding hydrogens is 289 g/mol. The maximum absolute atomic E-state index is 12.9. The molecule has 0 spiro atoms. The fraction of sp³-hybridized carbons (Fsp3) is 0.273. The standard InChI is InChI=1S/C11H11BrFN3O/c1-16-6-8(14-15-16)5-11(17)9-3-2-7(13)4-10(9)12/h2-4,6,11,17H,5H2,1H3. The molecule has 0 radical (unpaired) electrons. The second kappa shape index (κ2) is 4.93. The van der Waals surface area contributed by atoms with Gasteiger partial charge in [-0.1, -0.05) is 27.2 Å². The molecule has 2 rings (SSSR count). The third kappa shape index (κ3) is 2.89. The van der Waals surface area contributed by atoms with Gasteiger partial charge in [-0.25, -0.2) is 4.39 Å². The maximum Gasteiger partial charge on any atom is 0.124 e. The van der Waals surface area contributed by atoms with Crippen LogP contribution in [-0.4, -0.2) is 20.1 Å². The average molecular weight is 300 g/mol. The highest BCUT2D eigenvalue weighted by molar-refractivity contribution is 9.10. The molecule has 0 aliphatic carbocycles. The highest BCUT2D eigenvalue weighted by Gasteiger charge is 2.14. The molecule has 2 aromatic rings. The Kier molecular flexibility index (Phi) is 3.54. The summed E-state index contributed by atoms with van der Waals surface area (Å²) >= 11 is 3.23. The van der Waals surface area contributed by atoms with Gasteiger partial charge >= 0.3 is 0 Å². The van der Waals surface area contributed by atoms with Gasteiger partial charge in [-0.05, 0) is 17.7 Å². The van der Waals surface area contributed by atoms with E-state index in [2.05, 4.69) is 26.2 Å². The number of rotatable bonds is 3. The zero-order chi connectivity index (χ0) is 12.4. The fourth-order valence-electron chi connectivity index (χ4n) is 1.57. The van der Waals surface area contributed by atoms with Crippen molar-refractivity contribution in [3.63, 3.8) is 0 Å². The molecule has 4 nitrogen and oxygen atoms in total. The first-order valence-corrected chi connectivity index (χ1v) is 5.84. The van der Waals surface area contributed by atoms with E-state index in [4.69, 9.17) is 0 Å². The summed E-state index contributed by atoms with van der Waals surface area (Å²) in [6.45, 7) is 0. The van der Waals surface area contributed by atoms with E-state index in [1.54, 1.807) is 24.0 Å². The molecule has 0 aliphatic rings. The van der Waals surface area contributed by atoms with Crippen LogP contribution in [0.15, 0.2) is 28.9 Å². The van der Waals surface area contributed by atoms with Gasteiger partial charge in [-0.15, -0.1) is 5.10 Å². The molecule has 0 saturated carbocycles. The van der Waals surface area contributed by atoms with Crippen molar-refractivity contribution in [2.75, 3.05) is 0 Å². The summed E-state index contributed by atoms with van der Waals surface area (Å²) in [4.78, 5) is 0. The molecule has 0 saturated heterocycles. The number of aliphatic hydroxyl groups is 1. The number of nitrogens with zero attached hydrogens (tertiary/aromatic N) is 3. The lowest BCUT2D eigenvalue weighted by Crippen LogP contribution is -2.03. The van der Waals surface area contributed by atoms with Crippen molar-refractivity contribution < 1.29 is 9.50 Å². The second-order valence-electron chi connectivity index (χ2n) is 3.77. The minimum atomic E-state index is -0.735. The summed E-state index contributed by atoms with van der Waals surface area (Å²) in [5.74, 6) is -0.340. The monoisotopic (exact) mass is 299 g/mol. The van der Waals surface area contributed by atoms with E-state index < -0.39 is 6.10 Å². The van der Waals surface area contributed by atoms with Crippen molar-refractivity contribution in [1.82, 2.24) is 15.0 Å². The summed E-state index contributed by atoms with van der Waals surface area (Å²) in [5.41, 5.74) is 1.33. The molecule has 0 amide bonds. The Morgan fingerprint density at radius 1 is 1.53 bits per heavy atom. The number of hydrogen-bond acceptors (Lipinski definition) is 3. The van der Waals surface area contributed by atoms with Gasteiger partial charge in [-0.3, -0.25) is 4.68 Å². The van der Waals surface area contributed by atoms with Crippen molar-refractivity contribution in [1.29, 1.82) is 0 Å². The number of hydrogen-bond donors (Lipinski definition) is 1. The van der Waals surface area contributed by atoms with Crippen LogP contribution in [-0.2, 0) is 13.5 Å². The average Bonchev–Trinajstić information content (AvgIpc) is 2.63. The number of aryl methyl sites for hydroxylation is 1. The minimum Gasteiger partial charge on any atom is -0.388 e. The zero-order valence-electron chi connectivity index (χ0n) is 9.14. The van der Waals surface area contributed by atoms with Gasteiger partial charge in [0, 0.05) is 24.1 Å². The van der Waals surface area contributed by atoms with Crippen LogP contribution in [0, 0.1) is 5.82 Å². The van der Waals surface area contributed by atoms with Gasteiger partial charge in [0.05, 0.1) is 11.8 Å². The predicted octanol–water partition coefficient (Wildman–Crippen LogP) is 1.99. The molecule has 1 atom stereocenters. The highest BCUT2D eigenvalue weighted by Crippen LogP contribution is 2.26. The zero-order valence-corrected chi connectivity index (χ0v) is 10.7. The van der Waals surface area contributed by atoms with Crippen molar-refractivity contribution in [2.24, 2.45) is 7.05 Å². The molecule has 1 heterocycles. The molecule has 0 bridgehead atoms. The van der Waals surface area contributed by atoms with Gasteiger partial charge < -0.3 is 5.11 Å². The van der Waals surface area contributed by atoms with E-state index in [1.807, 2.05) is 0 Å². The third-order valence-corrected chi connectivity index (χ3v) is 3.06. The van der Waals surface area contributed by atoms with Gasteiger partial charge in [-0.2, -0.15) is 0 Å². The first kappa shape index (κ1) is 12.2. The smallest absolute Gasteiger partial charge is 0.124 e. The summed E-state index contributed by atoms with van der Waals surface area (Å²) in [6.07, 6.45) is 1.35. The molecule has 90 valence electrons. The van der Waals surface area contributed by atoms with E-state index in [9.17, 15) is 9.50 Å². The van der Waals surface area contributed by atoms with Gasteiger partial charge in [0.15, 0.2) is 0 Å². The van der Waals surface area contributed by atoms with E-state index in [-0.39, 0.29) is 5.82 Å². The second-order valence-corrected chi connectivity index (χ2v) is 4.62. The van der Waals surface area contributed by atoms with Crippen LogP contribution in [0.3, 0.4) is 0 Å². The van der Waals surface area contributed by atoms with E-state index in [0.717, 1.165) is 0 Å². The lowest BCUT2D eigenvalue weighted by atomic mass is 10.1. The van der Waals surface area contributed by atoms with Crippen molar-refractivity contribution >= 4 is 15.9 Å². The summed E-state index contributed by atoms with van der Waals surface area (Å²) in [5, 5.41) is 17.7. The van der Waals surface area contributed by atoms with Crippen molar-refractivity contribution in [3.8, 4) is 0 Å². The topological polar surface area (TPSA) is 50.9 Å². The Morgan fingerprint density at radius 2 is 2.29 bits per heavy atom. The summed E-state index contributed by atoms with van der Waals surface area (Å²) in [7, 11) is 1.76. The van der Waals surface area contributed by atoms with E-state index >= 15 is 0 Å². The van der Waals surface area contributed by atoms with E-state index in [0.29, 0.717) is 22.2 Å². The Bertz CT molecular complexity index is 529. The molecule has 1 unspecified atom stereocenters. The van der Waals surface area contributed by atoms with Crippen LogP contribution in [0.4, 0.5) is 4.39 Å². The highest BCUT2D eigenvalue weighted by atomic mass is 79.9. The minimum absolute atomic E-state index is 0.340. The van der Waals surface area contributed by atoms with Crippen molar-refractivity contribution in [3.05, 3.63) is 45.9 Å². The van der Waals surface area contributed by atoms with Crippen LogP contribution >= 0.6 is 15.9 Å². The third-order valence-electron chi connectivity index (χ3n) is 2.37. The Balaban J connectivity index is 2.17. The quantitative estimate of drug-likeness (QED) is 0.943. The maximum atomic E-state index is 12.9. The van der Waals surface area contributed by atoms with Gasteiger partial charge in [0.25, 0.3) is 0 Å². The van der Waals surface area contributed by atoms with Gasteiger partial charge in [0.2, 0.25) is 0 Å². The molecule has 0 aliphatic heterocycles. The van der Waals surface area contributed by atoms with Crippen LogP contribution < -0.4 is 0 Å². The normalized spacial score (nSPS) is 12.7. The molecule has 17 heavy (non-hydrogen) atoms. The Morgan fingerprint density at radius 3 is 2.88 bits per heavy atom. The van der Waals surface area contributed by atoms with Crippen LogP contribution in [0.5, 0.6) is 0 Å². The SMILES string of the molecule is Cn1cc(CC(O)c2ccc(F)cc2Br)nn1. The number of aliphatic hydroxyl groups excluding tert-OH is 1. The number of halogens is 2. The molecule has 1 N–H and O–H groups in total. The number of benzene rings is 1. The number of aromatic nitrogens is 3. The first-order chi connectivity index (χ1) is 8.06. The van der Waals surface area contributed by atoms with Crippen LogP contribution in [0.2, 0.25) is 0 Å². The molecule has 1 aromatic carbocycles. The lowest BCUT2D eigenvalue weighted by molar-refractivity contribution is 0.176. The summed E-state index contributed by atoms with van der Waals surface area (Å²) < 4.78 is 15.0. The Labute approximate surface area is 106 Å². The molecule has 6 heteroatoms.